The third-order valence-electron chi connectivity index (χ3n) is 1.55. The molecule has 0 fully saturated rings. The Labute approximate surface area is 85.3 Å². The molecule has 2 N–H and O–H groups in total. The highest BCUT2D eigenvalue weighted by molar-refractivity contribution is 6.44. The molecule has 0 unspecified atom stereocenters. The van der Waals surface area contributed by atoms with Gasteiger partial charge in [-0.2, -0.15) is 0 Å². The van der Waals surface area contributed by atoms with Gasteiger partial charge in [0, 0.05) is 12.7 Å². The van der Waals surface area contributed by atoms with Gasteiger partial charge in [0.15, 0.2) is 0 Å². The maximum atomic E-state index is 10.7. The number of halogens is 2. The van der Waals surface area contributed by atoms with Gasteiger partial charge < -0.3 is 10.4 Å². The van der Waals surface area contributed by atoms with E-state index in [1.807, 2.05) is 0 Å². The molecule has 0 radical (unpaired) electrons. The van der Waals surface area contributed by atoms with E-state index in [2.05, 4.69) is 5.32 Å². The van der Waals surface area contributed by atoms with Crippen LogP contribution in [-0.4, -0.2) is 18.1 Å². The SMILES string of the molecule is CNc1cc(Cl)c(Cl)c(C(=O)O)c1. The fraction of sp³-hybridized carbons (Fsp3) is 0.125. The Morgan fingerprint density at radius 2 is 2.08 bits per heavy atom. The van der Waals surface area contributed by atoms with Gasteiger partial charge in [0.2, 0.25) is 0 Å². The summed E-state index contributed by atoms with van der Waals surface area (Å²) < 4.78 is 0. The van der Waals surface area contributed by atoms with Crippen LogP contribution < -0.4 is 5.32 Å². The first-order chi connectivity index (χ1) is 6.06. The molecule has 0 aliphatic rings. The minimum absolute atomic E-state index is 0.00137. The van der Waals surface area contributed by atoms with Crippen LogP contribution in [-0.2, 0) is 0 Å². The molecule has 0 aliphatic carbocycles. The van der Waals surface area contributed by atoms with Crippen molar-refractivity contribution in [3.63, 3.8) is 0 Å². The van der Waals surface area contributed by atoms with Crippen LogP contribution in [0.4, 0.5) is 5.69 Å². The van der Waals surface area contributed by atoms with E-state index in [0.29, 0.717) is 5.69 Å². The topological polar surface area (TPSA) is 49.3 Å². The third kappa shape index (κ3) is 2.05. The average molecular weight is 220 g/mol. The lowest BCUT2D eigenvalue weighted by Crippen LogP contribution is -1.99. The standard InChI is InChI=1S/C8H7Cl2NO2/c1-11-4-2-5(8(12)13)7(10)6(9)3-4/h2-3,11H,1H3,(H,12,13). The summed E-state index contributed by atoms with van der Waals surface area (Å²) >= 11 is 11.4. The Bertz CT molecular complexity index is 352. The van der Waals surface area contributed by atoms with E-state index < -0.39 is 5.97 Å². The number of carboxylic acids is 1. The molecule has 0 saturated heterocycles. The first-order valence-electron chi connectivity index (χ1n) is 3.46. The Morgan fingerprint density at radius 1 is 1.46 bits per heavy atom. The smallest absolute Gasteiger partial charge is 0.337 e. The number of hydrogen-bond donors (Lipinski definition) is 2. The zero-order valence-electron chi connectivity index (χ0n) is 6.77. The molecular weight excluding hydrogens is 213 g/mol. The second kappa shape index (κ2) is 3.85. The summed E-state index contributed by atoms with van der Waals surface area (Å²) in [6, 6.07) is 2.99. The van der Waals surface area contributed by atoms with Crippen molar-refractivity contribution < 1.29 is 9.90 Å². The Kier molecular flexibility index (Phi) is 3.01. The molecule has 3 nitrogen and oxygen atoms in total. The Morgan fingerprint density at radius 3 is 2.54 bits per heavy atom. The molecule has 0 saturated carbocycles. The van der Waals surface area contributed by atoms with Crippen molar-refractivity contribution in [2.24, 2.45) is 0 Å². The fourth-order valence-electron chi connectivity index (χ4n) is 0.889. The maximum absolute atomic E-state index is 10.7. The number of aromatic carboxylic acids is 1. The molecule has 0 heterocycles. The van der Waals surface area contributed by atoms with Crippen LogP contribution in [0.1, 0.15) is 10.4 Å². The van der Waals surface area contributed by atoms with Gasteiger partial charge in [0.25, 0.3) is 0 Å². The molecule has 1 rings (SSSR count). The zero-order chi connectivity index (χ0) is 10.0. The van der Waals surface area contributed by atoms with Gasteiger partial charge in [-0.25, -0.2) is 4.79 Å². The normalized spacial score (nSPS) is 9.77. The molecule has 1 aromatic rings. The van der Waals surface area contributed by atoms with Crippen LogP contribution in [0.15, 0.2) is 12.1 Å². The number of nitrogens with one attached hydrogen (secondary N) is 1. The van der Waals surface area contributed by atoms with Crippen LogP contribution in [0.5, 0.6) is 0 Å². The van der Waals surface area contributed by atoms with Crippen molar-refractivity contribution in [2.45, 2.75) is 0 Å². The van der Waals surface area contributed by atoms with Gasteiger partial charge in [-0.05, 0) is 12.1 Å². The predicted octanol–water partition coefficient (Wildman–Crippen LogP) is 2.73. The highest BCUT2D eigenvalue weighted by Crippen LogP contribution is 2.29. The predicted molar refractivity (Wildman–Crippen MR) is 53.0 cm³/mol. The molecule has 0 spiro atoms. The Balaban J connectivity index is 3.33. The monoisotopic (exact) mass is 219 g/mol. The molecule has 0 aliphatic heterocycles. The second-order valence-corrected chi connectivity index (χ2v) is 3.16. The highest BCUT2D eigenvalue weighted by Gasteiger charge is 2.12. The number of hydrogen-bond acceptors (Lipinski definition) is 2. The zero-order valence-corrected chi connectivity index (χ0v) is 8.28. The highest BCUT2D eigenvalue weighted by atomic mass is 35.5. The van der Waals surface area contributed by atoms with Crippen molar-refractivity contribution in [2.75, 3.05) is 12.4 Å². The van der Waals surface area contributed by atoms with Gasteiger partial charge >= 0.3 is 5.97 Å². The quantitative estimate of drug-likeness (QED) is 0.805. The molecule has 0 amide bonds. The summed E-state index contributed by atoms with van der Waals surface area (Å²) in [6.07, 6.45) is 0. The molecule has 0 aromatic heterocycles. The van der Waals surface area contributed by atoms with Crippen molar-refractivity contribution in [1.29, 1.82) is 0 Å². The van der Waals surface area contributed by atoms with E-state index >= 15 is 0 Å². The van der Waals surface area contributed by atoms with Crippen LogP contribution in [0.2, 0.25) is 10.0 Å². The minimum atomic E-state index is -1.09. The van der Waals surface area contributed by atoms with Crippen LogP contribution >= 0.6 is 23.2 Å². The van der Waals surface area contributed by atoms with E-state index in [-0.39, 0.29) is 15.6 Å². The van der Waals surface area contributed by atoms with Crippen LogP contribution in [0, 0.1) is 0 Å². The van der Waals surface area contributed by atoms with E-state index in [9.17, 15) is 4.79 Å². The van der Waals surface area contributed by atoms with E-state index in [0.717, 1.165) is 0 Å². The molecule has 0 atom stereocenters. The number of carboxylic acid groups (broad SMARTS) is 1. The van der Waals surface area contributed by atoms with Crippen molar-refractivity contribution >= 4 is 34.9 Å². The summed E-state index contributed by atoms with van der Waals surface area (Å²) in [5, 5.41) is 11.8. The summed E-state index contributed by atoms with van der Waals surface area (Å²) in [6.45, 7) is 0. The van der Waals surface area contributed by atoms with E-state index in [1.54, 1.807) is 13.1 Å². The van der Waals surface area contributed by atoms with Gasteiger partial charge in [-0.1, -0.05) is 23.2 Å². The van der Waals surface area contributed by atoms with Crippen molar-refractivity contribution in [3.8, 4) is 0 Å². The Hall–Kier alpha value is -0.930. The number of rotatable bonds is 2. The average Bonchev–Trinajstić information content (AvgIpc) is 2.09. The summed E-state index contributed by atoms with van der Waals surface area (Å²) in [5.41, 5.74) is 0.616. The number of benzene rings is 1. The third-order valence-corrected chi connectivity index (χ3v) is 2.35. The molecule has 0 bridgehead atoms. The molecule has 70 valence electrons. The number of anilines is 1. The fourth-order valence-corrected chi connectivity index (χ4v) is 1.30. The molecule has 1 aromatic carbocycles. The van der Waals surface area contributed by atoms with Crippen molar-refractivity contribution in [1.82, 2.24) is 0 Å². The lowest BCUT2D eigenvalue weighted by molar-refractivity contribution is 0.0697. The van der Waals surface area contributed by atoms with Gasteiger partial charge in [-0.15, -0.1) is 0 Å². The lowest BCUT2D eigenvalue weighted by Gasteiger charge is -2.05. The lowest BCUT2D eigenvalue weighted by atomic mass is 10.2. The van der Waals surface area contributed by atoms with Gasteiger partial charge in [0.05, 0.1) is 15.6 Å². The first-order valence-corrected chi connectivity index (χ1v) is 4.22. The molecular formula is C8H7Cl2NO2. The molecule has 5 heteroatoms. The maximum Gasteiger partial charge on any atom is 0.337 e. The first kappa shape index (κ1) is 10.2. The van der Waals surface area contributed by atoms with E-state index in [4.69, 9.17) is 28.3 Å². The van der Waals surface area contributed by atoms with Gasteiger partial charge in [-0.3, -0.25) is 0 Å². The summed E-state index contributed by atoms with van der Waals surface area (Å²) in [7, 11) is 1.67. The minimum Gasteiger partial charge on any atom is -0.478 e. The largest absolute Gasteiger partial charge is 0.478 e. The molecule has 13 heavy (non-hydrogen) atoms. The van der Waals surface area contributed by atoms with E-state index in [1.165, 1.54) is 6.07 Å². The second-order valence-electron chi connectivity index (χ2n) is 2.37. The van der Waals surface area contributed by atoms with Crippen LogP contribution in [0.3, 0.4) is 0 Å². The summed E-state index contributed by atoms with van der Waals surface area (Å²) in [4.78, 5) is 10.7. The summed E-state index contributed by atoms with van der Waals surface area (Å²) in [5.74, 6) is -1.09. The number of carbonyl (C=O) groups is 1. The van der Waals surface area contributed by atoms with Gasteiger partial charge in [0.1, 0.15) is 0 Å². The van der Waals surface area contributed by atoms with Crippen LogP contribution in [0.25, 0.3) is 0 Å². The van der Waals surface area contributed by atoms with Crippen molar-refractivity contribution in [3.05, 3.63) is 27.7 Å².